The van der Waals surface area contributed by atoms with Gasteiger partial charge in [-0.1, -0.05) is 12.1 Å². The van der Waals surface area contributed by atoms with E-state index < -0.39 is 29.5 Å². The summed E-state index contributed by atoms with van der Waals surface area (Å²) in [7, 11) is 0. The first kappa shape index (κ1) is 18.3. The molecule has 0 heterocycles. The molecule has 0 aliphatic rings. The van der Waals surface area contributed by atoms with Crippen molar-refractivity contribution in [2.45, 2.75) is 45.0 Å². The largest absolute Gasteiger partial charge is 0.444 e. The molecule has 1 atom stereocenters. The van der Waals surface area contributed by atoms with Crippen molar-refractivity contribution in [3.63, 3.8) is 0 Å². The predicted octanol–water partition coefficient (Wildman–Crippen LogP) is 3.13. The lowest BCUT2D eigenvalue weighted by atomic mass is 10.0. The van der Waals surface area contributed by atoms with Crippen LogP contribution in [0.1, 0.15) is 31.9 Å². The molecule has 1 aromatic rings. The fourth-order valence-corrected chi connectivity index (χ4v) is 1.75. The van der Waals surface area contributed by atoms with Gasteiger partial charge in [-0.05, 0) is 44.9 Å². The van der Waals surface area contributed by atoms with Crippen molar-refractivity contribution in [3.05, 3.63) is 35.4 Å². The standard InChI is InChI=1S/C15H20F3NO3/c1-14(2,3)22-13(21)19-12(9-20)8-10-4-6-11(7-5-10)15(16,17)18/h4-7,12,20H,8-9H2,1-3H3,(H,19,21)/t12-/m0/s1. The Balaban J connectivity index is 2.65. The maximum absolute atomic E-state index is 12.5. The second kappa shape index (κ2) is 7.00. The first-order valence-corrected chi connectivity index (χ1v) is 6.78. The van der Waals surface area contributed by atoms with Crippen molar-refractivity contribution in [3.8, 4) is 0 Å². The number of hydrogen-bond donors (Lipinski definition) is 2. The van der Waals surface area contributed by atoms with Gasteiger partial charge in [0.15, 0.2) is 0 Å². The van der Waals surface area contributed by atoms with E-state index in [1.165, 1.54) is 12.1 Å². The van der Waals surface area contributed by atoms with Crippen LogP contribution < -0.4 is 5.32 Å². The number of hydrogen-bond acceptors (Lipinski definition) is 3. The first-order valence-electron chi connectivity index (χ1n) is 6.78. The van der Waals surface area contributed by atoms with Gasteiger partial charge in [0.05, 0.1) is 18.2 Å². The molecule has 22 heavy (non-hydrogen) atoms. The van der Waals surface area contributed by atoms with Gasteiger partial charge in [0.25, 0.3) is 0 Å². The van der Waals surface area contributed by atoms with Crippen molar-refractivity contribution in [2.75, 3.05) is 6.61 Å². The number of amides is 1. The van der Waals surface area contributed by atoms with Crippen molar-refractivity contribution in [1.82, 2.24) is 5.32 Å². The molecule has 0 bridgehead atoms. The van der Waals surface area contributed by atoms with Crippen LogP contribution in [0.4, 0.5) is 18.0 Å². The Morgan fingerprint density at radius 1 is 1.23 bits per heavy atom. The van der Waals surface area contributed by atoms with Crippen LogP contribution in [0.2, 0.25) is 0 Å². The smallest absolute Gasteiger partial charge is 0.416 e. The highest BCUT2D eigenvalue weighted by Gasteiger charge is 2.30. The molecule has 0 aliphatic heterocycles. The quantitative estimate of drug-likeness (QED) is 0.896. The number of halogens is 3. The van der Waals surface area contributed by atoms with Gasteiger partial charge in [0.1, 0.15) is 5.60 Å². The Kier molecular flexibility index (Phi) is 5.82. The summed E-state index contributed by atoms with van der Waals surface area (Å²) in [6.07, 6.45) is -4.86. The minimum Gasteiger partial charge on any atom is -0.444 e. The van der Waals surface area contributed by atoms with Crippen LogP contribution in [0.3, 0.4) is 0 Å². The summed E-state index contributed by atoms with van der Waals surface area (Å²) in [6, 6.07) is 3.95. The third kappa shape index (κ3) is 6.34. The minimum atomic E-state index is -4.39. The van der Waals surface area contributed by atoms with E-state index in [1.807, 2.05) is 0 Å². The van der Waals surface area contributed by atoms with Gasteiger partial charge in [-0.3, -0.25) is 0 Å². The second-order valence-electron chi connectivity index (χ2n) is 5.92. The third-order valence-electron chi connectivity index (χ3n) is 2.70. The molecule has 1 aromatic carbocycles. The van der Waals surface area contributed by atoms with Crippen molar-refractivity contribution in [2.24, 2.45) is 0 Å². The van der Waals surface area contributed by atoms with Crippen LogP contribution in [0.5, 0.6) is 0 Å². The van der Waals surface area contributed by atoms with E-state index in [4.69, 9.17) is 4.74 Å². The Morgan fingerprint density at radius 3 is 2.18 bits per heavy atom. The van der Waals surface area contributed by atoms with Crippen LogP contribution in [0.25, 0.3) is 0 Å². The number of alkyl carbamates (subject to hydrolysis) is 1. The molecule has 0 saturated carbocycles. The number of ether oxygens (including phenoxy) is 1. The van der Waals surface area contributed by atoms with Gasteiger partial charge < -0.3 is 15.2 Å². The monoisotopic (exact) mass is 319 g/mol. The van der Waals surface area contributed by atoms with Crippen LogP contribution in [0.15, 0.2) is 24.3 Å². The first-order chi connectivity index (χ1) is 10.0. The maximum Gasteiger partial charge on any atom is 0.416 e. The summed E-state index contributed by atoms with van der Waals surface area (Å²) in [5, 5.41) is 11.8. The van der Waals surface area contributed by atoms with E-state index in [9.17, 15) is 23.1 Å². The Hall–Kier alpha value is -1.76. The summed E-state index contributed by atoms with van der Waals surface area (Å²) < 4.78 is 42.5. The van der Waals surface area contributed by atoms with Crippen molar-refractivity contribution >= 4 is 6.09 Å². The molecule has 0 aromatic heterocycles. The zero-order chi connectivity index (χ0) is 17.0. The van der Waals surface area contributed by atoms with Gasteiger partial charge in [0.2, 0.25) is 0 Å². The molecule has 0 saturated heterocycles. The lowest BCUT2D eigenvalue weighted by Gasteiger charge is -2.22. The normalized spacial score (nSPS) is 13.6. The minimum absolute atomic E-state index is 0.202. The van der Waals surface area contributed by atoms with Crippen LogP contribution in [-0.2, 0) is 17.3 Å². The fourth-order valence-electron chi connectivity index (χ4n) is 1.75. The zero-order valence-corrected chi connectivity index (χ0v) is 12.7. The van der Waals surface area contributed by atoms with E-state index >= 15 is 0 Å². The van der Waals surface area contributed by atoms with Gasteiger partial charge >= 0.3 is 12.3 Å². The van der Waals surface area contributed by atoms with Crippen LogP contribution in [0, 0.1) is 0 Å². The second-order valence-corrected chi connectivity index (χ2v) is 5.92. The highest BCUT2D eigenvalue weighted by molar-refractivity contribution is 5.68. The highest BCUT2D eigenvalue weighted by Crippen LogP contribution is 2.29. The third-order valence-corrected chi connectivity index (χ3v) is 2.70. The number of benzene rings is 1. The number of aliphatic hydroxyl groups excluding tert-OH is 1. The predicted molar refractivity (Wildman–Crippen MR) is 75.4 cm³/mol. The van der Waals surface area contributed by atoms with Crippen LogP contribution in [-0.4, -0.2) is 29.4 Å². The molecule has 0 radical (unpaired) electrons. The van der Waals surface area contributed by atoms with Crippen molar-refractivity contribution < 1.29 is 27.8 Å². The summed E-state index contributed by atoms with van der Waals surface area (Å²) in [6.45, 7) is 4.77. The molecule has 1 amide bonds. The number of rotatable bonds is 4. The van der Waals surface area contributed by atoms with Gasteiger partial charge in [-0.2, -0.15) is 13.2 Å². The molecule has 0 spiro atoms. The summed E-state index contributed by atoms with van der Waals surface area (Å²) in [4.78, 5) is 11.6. The van der Waals surface area contributed by atoms with Crippen molar-refractivity contribution in [1.29, 1.82) is 0 Å². The Morgan fingerprint density at radius 2 is 1.77 bits per heavy atom. The fraction of sp³-hybridized carbons (Fsp3) is 0.533. The molecular formula is C15H20F3NO3. The topological polar surface area (TPSA) is 58.6 Å². The Bertz CT molecular complexity index is 492. The maximum atomic E-state index is 12.5. The van der Waals surface area contributed by atoms with E-state index in [0.717, 1.165) is 12.1 Å². The summed E-state index contributed by atoms with van der Waals surface area (Å²) >= 11 is 0. The van der Waals surface area contributed by atoms with Gasteiger partial charge in [-0.15, -0.1) is 0 Å². The van der Waals surface area contributed by atoms with E-state index in [2.05, 4.69) is 5.32 Å². The molecular weight excluding hydrogens is 299 g/mol. The average molecular weight is 319 g/mol. The lowest BCUT2D eigenvalue weighted by molar-refractivity contribution is -0.137. The van der Waals surface area contributed by atoms with Crippen LogP contribution >= 0.6 is 0 Å². The number of nitrogens with one attached hydrogen (secondary N) is 1. The number of carbonyl (C=O) groups excluding carboxylic acids is 1. The van der Waals surface area contributed by atoms with E-state index in [-0.39, 0.29) is 13.0 Å². The SMILES string of the molecule is CC(C)(C)OC(=O)N[C@H](CO)Cc1ccc(C(F)(F)F)cc1. The number of alkyl halides is 3. The number of carbonyl (C=O) groups is 1. The average Bonchev–Trinajstić information content (AvgIpc) is 2.35. The molecule has 4 nitrogen and oxygen atoms in total. The Labute approximate surface area is 127 Å². The summed E-state index contributed by atoms with van der Waals surface area (Å²) in [5.41, 5.74) is -0.835. The molecule has 0 aliphatic carbocycles. The molecule has 0 unspecified atom stereocenters. The van der Waals surface area contributed by atoms with E-state index in [0.29, 0.717) is 5.56 Å². The van der Waals surface area contributed by atoms with E-state index in [1.54, 1.807) is 20.8 Å². The molecule has 2 N–H and O–H groups in total. The molecule has 7 heteroatoms. The number of aliphatic hydroxyl groups is 1. The lowest BCUT2D eigenvalue weighted by Crippen LogP contribution is -2.42. The molecule has 124 valence electrons. The van der Waals surface area contributed by atoms with Gasteiger partial charge in [0, 0.05) is 0 Å². The highest BCUT2D eigenvalue weighted by atomic mass is 19.4. The molecule has 1 rings (SSSR count). The molecule has 0 fully saturated rings. The summed E-state index contributed by atoms with van der Waals surface area (Å²) in [5.74, 6) is 0. The van der Waals surface area contributed by atoms with Gasteiger partial charge in [-0.25, -0.2) is 4.79 Å². The zero-order valence-electron chi connectivity index (χ0n) is 12.7.